The minimum absolute atomic E-state index is 0.0502. The van der Waals surface area contributed by atoms with Crippen LogP contribution in [0.15, 0.2) is 12.4 Å². The van der Waals surface area contributed by atoms with Crippen molar-refractivity contribution in [1.82, 2.24) is 25.3 Å². The van der Waals surface area contributed by atoms with E-state index in [0.29, 0.717) is 6.42 Å². The number of rotatable bonds is 7. The molecule has 1 saturated heterocycles. The van der Waals surface area contributed by atoms with Gasteiger partial charge >= 0.3 is 6.09 Å². The number of carbonyl (C=O) groups excluding carboxylic acids is 3. The van der Waals surface area contributed by atoms with Crippen molar-refractivity contribution in [1.29, 1.82) is 0 Å². The number of piperidine rings is 1. The number of alkyl halides is 2. The number of amides is 3. The minimum Gasteiger partial charge on any atom is -0.444 e. The number of nitrogens with zero attached hydrogens (tertiary/aromatic N) is 3. The van der Waals surface area contributed by atoms with E-state index in [9.17, 15) is 23.2 Å². The molecule has 1 aliphatic rings. The van der Waals surface area contributed by atoms with E-state index in [1.807, 2.05) is 13.8 Å². The van der Waals surface area contributed by atoms with E-state index in [1.165, 1.54) is 0 Å². The van der Waals surface area contributed by atoms with Gasteiger partial charge in [0.15, 0.2) is 0 Å². The Morgan fingerprint density at radius 2 is 1.97 bits per heavy atom. The van der Waals surface area contributed by atoms with Gasteiger partial charge in [0.25, 0.3) is 5.92 Å². The van der Waals surface area contributed by atoms with Crippen LogP contribution in [0.5, 0.6) is 0 Å². The lowest BCUT2D eigenvalue weighted by atomic mass is 9.96. The van der Waals surface area contributed by atoms with Gasteiger partial charge in [0.05, 0.1) is 6.20 Å². The predicted octanol–water partition coefficient (Wildman–Crippen LogP) is 2.60. The van der Waals surface area contributed by atoms with E-state index >= 15 is 0 Å². The Kier molecular flexibility index (Phi) is 8.42. The molecule has 2 rings (SSSR count). The average molecular weight is 472 g/mol. The first-order valence-corrected chi connectivity index (χ1v) is 11.1. The van der Waals surface area contributed by atoms with Crippen LogP contribution in [0.25, 0.3) is 0 Å². The van der Waals surface area contributed by atoms with Gasteiger partial charge in [-0.25, -0.2) is 13.6 Å². The van der Waals surface area contributed by atoms with Gasteiger partial charge in [-0.3, -0.25) is 19.2 Å². The average Bonchev–Trinajstić information content (AvgIpc) is 3.08. The Labute approximate surface area is 193 Å². The topological polar surface area (TPSA) is 106 Å². The van der Waals surface area contributed by atoms with Crippen LogP contribution in [0.3, 0.4) is 0 Å². The Bertz CT molecular complexity index is 850. The Balaban J connectivity index is 2.13. The lowest BCUT2D eigenvalue weighted by Crippen LogP contribution is -2.59. The summed E-state index contributed by atoms with van der Waals surface area (Å²) >= 11 is 0. The highest BCUT2D eigenvalue weighted by atomic mass is 19.3. The van der Waals surface area contributed by atoms with Gasteiger partial charge in [0.2, 0.25) is 11.8 Å². The molecule has 33 heavy (non-hydrogen) atoms. The first kappa shape index (κ1) is 26.5. The molecule has 0 aliphatic carbocycles. The van der Waals surface area contributed by atoms with Crippen LogP contribution in [-0.2, 0) is 27.9 Å². The van der Waals surface area contributed by atoms with Gasteiger partial charge in [-0.05, 0) is 33.1 Å². The van der Waals surface area contributed by atoms with Crippen molar-refractivity contribution < 1.29 is 27.9 Å². The zero-order chi connectivity index (χ0) is 25.0. The predicted molar refractivity (Wildman–Crippen MR) is 117 cm³/mol. The highest BCUT2D eigenvalue weighted by Crippen LogP contribution is 2.33. The summed E-state index contributed by atoms with van der Waals surface area (Å²) in [7, 11) is 1.75. The zero-order valence-electron chi connectivity index (χ0n) is 20.2. The third-order valence-electron chi connectivity index (χ3n) is 5.08. The summed E-state index contributed by atoms with van der Waals surface area (Å²) in [5.41, 5.74) is -0.0618. The normalized spacial score (nSPS) is 19.2. The Hall–Kier alpha value is -2.72. The Morgan fingerprint density at radius 3 is 2.52 bits per heavy atom. The van der Waals surface area contributed by atoms with E-state index in [2.05, 4.69) is 15.7 Å². The molecule has 186 valence electrons. The summed E-state index contributed by atoms with van der Waals surface area (Å²) in [5.74, 6) is -4.29. The number of aryl methyl sites for hydroxylation is 1. The number of hydrogen-bond donors (Lipinski definition) is 2. The summed E-state index contributed by atoms with van der Waals surface area (Å²) in [5, 5.41) is 9.37. The number of likely N-dealkylation sites (tertiary alicyclic amines) is 1. The van der Waals surface area contributed by atoms with Gasteiger partial charge < -0.3 is 15.4 Å². The summed E-state index contributed by atoms with van der Waals surface area (Å²) in [6, 6.07) is -2.38. The smallest absolute Gasteiger partial charge is 0.410 e. The van der Waals surface area contributed by atoms with Crippen molar-refractivity contribution in [3.8, 4) is 0 Å². The molecule has 2 N–H and O–H groups in total. The second kappa shape index (κ2) is 10.5. The highest BCUT2D eigenvalue weighted by molar-refractivity contribution is 5.91. The third kappa shape index (κ3) is 8.29. The fourth-order valence-corrected chi connectivity index (χ4v) is 3.55. The molecule has 2 heterocycles. The van der Waals surface area contributed by atoms with Crippen molar-refractivity contribution in [3.05, 3.63) is 18.0 Å². The molecule has 2 atom stereocenters. The molecule has 0 unspecified atom stereocenters. The molecule has 0 aromatic carbocycles. The maximum atomic E-state index is 14.2. The van der Waals surface area contributed by atoms with Gasteiger partial charge in [-0.15, -0.1) is 0 Å². The van der Waals surface area contributed by atoms with Crippen LogP contribution in [0, 0.1) is 5.92 Å². The second-order valence-electron chi connectivity index (χ2n) is 9.93. The zero-order valence-corrected chi connectivity index (χ0v) is 20.2. The van der Waals surface area contributed by atoms with Crippen molar-refractivity contribution in [2.45, 2.75) is 84.0 Å². The number of halogens is 2. The molecule has 9 nitrogen and oxygen atoms in total. The summed E-state index contributed by atoms with van der Waals surface area (Å²) in [6.45, 7) is 8.63. The van der Waals surface area contributed by atoms with Crippen LogP contribution in [0.2, 0.25) is 0 Å². The molecule has 1 fully saturated rings. The number of aromatic nitrogens is 2. The first-order chi connectivity index (χ1) is 15.2. The number of carbonyl (C=O) groups is 3. The van der Waals surface area contributed by atoms with Crippen LogP contribution >= 0.6 is 0 Å². The summed E-state index contributed by atoms with van der Waals surface area (Å²) < 4.78 is 35.2. The monoisotopic (exact) mass is 471 g/mol. The van der Waals surface area contributed by atoms with Crippen molar-refractivity contribution in [2.24, 2.45) is 13.0 Å². The molecule has 0 spiro atoms. The summed E-state index contributed by atoms with van der Waals surface area (Å²) in [4.78, 5) is 39.5. The van der Waals surface area contributed by atoms with E-state index in [-0.39, 0.29) is 19.0 Å². The van der Waals surface area contributed by atoms with E-state index < -0.39 is 54.4 Å². The summed E-state index contributed by atoms with van der Waals surface area (Å²) in [6.07, 6.45) is 1.44. The molecule has 1 aromatic rings. The lowest BCUT2D eigenvalue weighted by Gasteiger charge is -2.39. The SMILES string of the molecule is CC(C)C[C@H](NC(=O)[C@@H]1CC(F)(F)CCN1C(=O)OC(C)(C)C)C(=O)NCc1cnn(C)c1. The quantitative estimate of drug-likeness (QED) is 0.636. The van der Waals surface area contributed by atoms with Crippen LogP contribution < -0.4 is 10.6 Å². The van der Waals surface area contributed by atoms with Crippen molar-refractivity contribution in [2.75, 3.05) is 6.54 Å². The van der Waals surface area contributed by atoms with Crippen LogP contribution in [0.4, 0.5) is 13.6 Å². The first-order valence-electron chi connectivity index (χ1n) is 11.1. The van der Waals surface area contributed by atoms with E-state index in [1.54, 1.807) is 44.9 Å². The maximum Gasteiger partial charge on any atom is 0.410 e. The molecular formula is C22H35F2N5O4. The second-order valence-corrected chi connectivity index (χ2v) is 9.93. The molecule has 1 aliphatic heterocycles. The van der Waals surface area contributed by atoms with Gasteiger partial charge in [-0.1, -0.05) is 13.8 Å². The van der Waals surface area contributed by atoms with Gasteiger partial charge in [0, 0.05) is 44.7 Å². The number of ether oxygens (including phenoxy) is 1. The van der Waals surface area contributed by atoms with Crippen molar-refractivity contribution in [3.63, 3.8) is 0 Å². The van der Waals surface area contributed by atoms with E-state index in [4.69, 9.17) is 4.74 Å². The highest BCUT2D eigenvalue weighted by Gasteiger charge is 2.46. The fourth-order valence-electron chi connectivity index (χ4n) is 3.55. The molecule has 1 aromatic heterocycles. The van der Waals surface area contributed by atoms with Gasteiger partial charge in [-0.2, -0.15) is 5.10 Å². The third-order valence-corrected chi connectivity index (χ3v) is 5.08. The lowest BCUT2D eigenvalue weighted by molar-refractivity contribution is -0.139. The fraction of sp³-hybridized carbons (Fsp3) is 0.727. The molecule has 3 amide bonds. The maximum absolute atomic E-state index is 14.2. The number of hydrogen-bond acceptors (Lipinski definition) is 5. The molecule has 0 bridgehead atoms. The van der Waals surface area contributed by atoms with Gasteiger partial charge in [0.1, 0.15) is 17.7 Å². The Morgan fingerprint density at radius 1 is 1.30 bits per heavy atom. The number of nitrogens with one attached hydrogen (secondary N) is 2. The van der Waals surface area contributed by atoms with Crippen molar-refractivity contribution >= 4 is 17.9 Å². The largest absolute Gasteiger partial charge is 0.444 e. The minimum atomic E-state index is -3.10. The molecule has 0 saturated carbocycles. The molecule has 0 radical (unpaired) electrons. The van der Waals surface area contributed by atoms with Crippen LogP contribution in [0.1, 0.15) is 59.4 Å². The van der Waals surface area contributed by atoms with E-state index in [0.717, 1.165) is 10.5 Å². The standard InChI is InChI=1S/C22H35F2N5O4/c1-14(2)9-16(18(30)25-11-15-12-26-28(6)13-15)27-19(31)17-10-22(23,24)7-8-29(17)20(32)33-21(3,4)5/h12-14,16-17H,7-11H2,1-6H3,(H,25,30)(H,27,31)/t16-,17-/m0/s1. The van der Waals surface area contributed by atoms with Crippen LogP contribution in [-0.4, -0.2) is 62.7 Å². The molecule has 11 heteroatoms. The molecular weight excluding hydrogens is 436 g/mol.